The number of aromatic amines is 1. The molecule has 0 unspecified atom stereocenters. The number of rotatable bonds is 5. The zero-order valence-electron chi connectivity index (χ0n) is 13.5. The minimum absolute atomic E-state index is 0.0480. The molecule has 2 N–H and O–H groups in total. The van der Waals surface area contributed by atoms with Crippen LogP contribution in [0, 0.1) is 6.92 Å². The molecule has 24 heavy (non-hydrogen) atoms. The highest BCUT2D eigenvalue weighted by Gasteiger charge is 2.10. The number of anilines is 1. The molecule has 1 aromatic heterocycles. The fourth-order valence-electron chi connectivity index (χ4n) is 1.98. The smallest absolute Gasteiger partial charge is 0.330 e. The van der Waals surface area contributed by atoms with Crippen molar-refractivity contribution in [3.05, 3.63) is 69.6 Å². The maximum atomic E-state index is 12.1. The van der Waals surface area contributed by atoms with Crippen molar-refractivity contribution >= 4 is 23.6 Å². The van der Waals surface area contributed by atoms with Gasteiger partial charge in [0.25, 0.3) is 11.5 Å². The van der Waals surface area contributed by atoms with Crippen LogP contribution >= 0.6 is 0 Å². The van der Waals surface area contributed by atoms with Crippen LogP contribution in [-0.4, -0.2) is 23.5 Å². The Morgan fingerprint density at radius 2 is 1.88 bits per heavy atom. The number of nitrogens with one attached hydrogen (secondary N) is 2. The summed E-state index contributed by atoms with van der Waals surface area (Å²) in [6, 6.07) is 10.0. The Labute approximate surface area is 139 Å². The van der Waals surface area contributed by atoms with Crippen molar-refractivity contribution in [3.63, 3.8) is 0 Å². The number of hydrogen-bond acceptors (Lipinski definition) is 4. The number of pyridine rings is 1. The van der Waals surface area contributed by atoms with E-state index in [0.717, 1.165) is 5.56 Å². The standard InChI is InChI=1S/C18H18N2O4/c1-3-24-16(21)11-7-13-5-8-14(9-6-13)20-18(23)15-10-4-12(2)19-17(15)22/h4-11H,3H2,1-2H3,(H,19,22)(H,20,23). The number of aryl methyl sites for hydroxylation is 1. The van der Waals surface area contributed by atoms with Crippen molar-refractivity contribution in [2.45, 2.75) is 13.8 Å². The molecule has 1 aromatic carbocycles. The van der Waals surface area contributed by atoms with Gasteiger partial charge in [-0.05, 0) is 49.8 Å². The molecule has 124 valence electrons. The lowest BCUT2D eigenvalue weighted by Gasteiger charge is -2.05. The summed E-state index contributed by atoms with van der Waals surface area (Å²) in [6.07, 6.45) is 2.96. The maximum Gasteiger partial charge on any atom is 0.330 e. The first-order chi connectivity index (χ1) is 11.5. The molecule has 0 atom stereocenters. The van der Waals surface area contributed by atoms with Gasteiger partial charge in [-0.1, -0.05) is 12.1 Å². The molecule has 0 aliphatic heterocycles. The van der Waals surface area contributed by atoms with Gasteiger partial charge in [-0.3, -0.25) is 9.59 Å². The largest absolute Gasteiger partial charge is 0.463 e. The SMILES string of the molecule is CCOC(=O)C=Cc1ccc(NC(=O)c2ccc(C)[nH]c2=O)cc1. The number of carbonyl (C=O) groups is 2. The first-order valence-electron chi connectivity index (χ1n) is 7.46. The van der Waals surface area contributed by atoms with Gasteiger partial charge in [0.2, 0.25) is 0 Å². The lowest BCUT2D eigenvalue weighted by atomic mass is 10.2. The molecular weight excluding hydrogens is 308 g/mol. The van der Waals surface area contributed by atoms with Crippen molar-refractivity contribution in [3.8, 4) is 0 Å². The van der Waals surface area contributed by atoms with Crippen LogP contribution in [0.25, 0.3) is 6.08 Å². The van der Waals surface area contributed by atoms with E-state index in [0.29, 0.717) is 18.0 Å². The predicted molar refractivity (Wildman–Crippen MR) is 91.9 cm³/mol. The second kappa shape index (κ2) is 7.92. The van der Waals surface area contributed by atoms with Gasteiger partial charge >= 0.3 is 5.97 Å². The molecule has 0 fully saturated rings. The van der Waals surface area contributed by atoms with Crippen LogP contribution in [0.3, 0.4) is 0 Å². The molecule has 1 amide bonds. The van der Waals surface area contributed by atoms with E-state index in [2.05, 4.69) is 10.3 Å². The summed E-state index contributed by atoms with van der Waals surface area (Å²) in [5.74, 6) is -0.889. The number of hydrogen-bond donors (Lipinski definition) is 2. The second-order valence-electron chi connectivity index (χ2n) is 5.05. The van der Waals surface area contributed by atoms with E-state index in [9.17, 15) is 14.4 Å². The van der Waals surface area contributed by atoms with Crippen molar-refractivity contribution in [2.24, 2.45) is 0 Å². The first kappa shape index (κ1) is 17.2. The van der Waals surface area contributed by atoms with Gasteiger partial charge in [0.15, 0.2) is 0 Å². The van der Waals surface area contributed by atoms with Gasteiger partial charge in [-0.15, -0.1) is 0 Å². The Bertz CT molecular complexity index is 820. The highest BCUT2D eigenvalue weighted by Crippen LogP contribution is 2.12. The molecule has 0 aliphatic rings. The zero-order chi connectivity index (χ0) is 17.5. The minimum Gasteiger partial charge on any atom is -0.463 e. The number of benzene rings is 1. The normalized spacial score (nSPS) is 10.6. The van der Waals surface area contributed by atoms with E-state index in [1.807, 2.05) is 0 Å². The average Bonchev–Trinajstić information content (AvgIpc) is 2.54. The van der Waals surface area contributed by atoms with Crippen LogP contribution in [-0.2, 0) is 9.53 Å². The second-order valence-corrected chi connectivity index (χ2v) is 5.05. The first-order valence-corrected chi connectivity index (χ1v) is 7.46. The van der Waals surface area contributed by atoms with Crippen LogP contribution < -0.4 is 10.9 Å². The molecular formula is C18H18N2O4. The van der Waals surface area contributed by atoms with Gasteiger partial charge in [-0.25, -0.2) is 4.79 Å². The Morgan fingerprint density at radius 3 is 2.50 bits per heavy atom. The fraction of sp³-hybridized carbons (Fsp3) is 0.167. The van der Waals surface area contributed by atoms with Gasteiger partial charge in [0.05, 0.1) is 6.61 Å². The van der Waals surface area contributed by atoms with E-state index in [4.69, 9.17) is 4.74 Å². The van der Waals surface area contributed by atoms with Crippen molar-refractivity contribution in [1.82, 2.24) is 4.98 Å². The van der Waals surface area contributed by atoms with Crippen LogP contribution in [0.1, 0.15) is 28.5 Å². The monoisotopic (exact) mass is 326 g/mol. The Morgan fingerprint density at radius 1 is 1.17 bits per heavy atom. The lowest BCUT2D eigenvalue weighted by molar-refractivity contribution is -0.137. The summed E-state index contributed by atoms with van der Waals surface area (Å²) in [5.41, 5.74) is 1.64. The molecule has 6 nitrogen and oxygen atoms in total. The van der Waals surface area contributed by atoms with E-state index in [1.165, 1.54) is 12.1 Å². The summed E-state index contributed by atoms with van der Waals surface area (Å²) < 4.78 is 4.79. The third kappa shape index (κ3) is 4.67. The van der Waals surface area contributed by atoms with Crippen LogP contribution in [0.4, 0.5) is 5.69 Å². The summed E-state index contributed by atoms with van der Waals surface area (Å²) in [6.45, 7) is 3.81. The molecule has 2 rings (SSSR count). The molecule has 0 saturated heterocycles. The molecule has 0 aliphatic carbocycles. The highest BCUT2D eigenvalue weighted by atomic mass is 16.5. The van der Waals surface area contributed by atoms with Crippen molar-refractivity contribution < 1.29 is 14.3 Å². The Kier molecular flexibility index (Phi) is 5.68. The molecule has 0 spiro atoms. The summed E-state index contributed by atoms with van der Waals surface area (Å²) in [7, 11) is 0. The van der Waals surface area contributed by atoms with Crippen LogP contribution in [0.15, 0.2) is 47.3 Å². The molecule has 6 heteroatoms. The zero-order valence-corrected chi connectivity index (χ0v) is 13.5. The van der Waals surface area contributed by atoms with Gasteiger partial charge in [0, 0.05) is 17.5 Å². The number of ether oxygens (including phenoxy) is 1. The minimum atomic E-state index is -0.480. The van der Waals surface area contributed by atoms with E-state index < -0.39 is 17.4 Å². The van der Waals surface area contributed by atoms with Crippen LogP contribution in [0.2, 0.25) is 0 Å². The van der Waals surface area contributed by atoms with Crippen molar-refractivity contribution in [1.29, 1.82) is 0 Å². The van der Waals surface area contributed by atoms with Crippen molar-refractivity contribution in [2.75, 3.05) is 11.9 Å². The van der Waals surface area contributed by atoms with Gasteiger partial charge < -0.3 is 15.0 Å². The topological polar surface area (TPSA) is 88.3 Å². The fourth-order valence-corrected chi connectivity index (χ4v) is 1.98. The number of amides is 1. The summed E-state index contributed by atoms with van der Waals surface area (Å²) >= 11 is 0. The van der Waals surface area contributed by atoms with Crippen LogP contribution in [0.5, 0.6) is 0 Å². The molecule has 0 bridgehead atoms. The van der Waals surface area contributed by atoms with Gasteiger partial charge in [-0.2, -0.15) is 0 Å². The third-order valence-corrected chi connectivity index (χ3v) is 3.17. The summed E-state index contributed by atoms with van der Waals surface area (Å²) in [4.78, 5) is 37.7. The number of esters is 1. The molecule has 1 heterocycles. The molecule has 0 saturated carbocycles. The number of carbonyl (C=O) groups excluding carboxylic acids is 2. The van der Waals surface area contributed by atoms with E-state index in [-0.39, 0.29) is 5.56 Å². The Hall–Kier alpha value is -3.15. The maximum absolute atomic E-state index is 12.1. The summed E-state index contributed by atoms with van der Waals surface area (Å²) in [5, 5.41) is 2.66. The number of H-pyrrole nitrogens is 1. The van der Waals surface area contributed by atoms with E-state index in [1.54, 1.807) is 50.3 Å². The predicted octanol–water partition coefficient (Wildman–Crippen LogP) is 2.51. The third-order valence-electron chi connectivity index (χ3n) is 3.17. The highest BCUT2D eigenvalue weighted by molar-refractivity contribution is 6.04. The quantitative estimate of drug-likeness (QED) is 0.653. The van der Waals surface area contributed by atoms with E-state index >= 15 is 0 Å². The number of aromatic nitrogens is 1. The average molecular weight is 326 g/mol. The Balaban J connectivity index is 2.04. The lowest BCUT2D eigenvalue weighted by Crippen LogP contribution is -2.23. The van der Waals surface area contributed by atoms with Gasteiger partial charge in [0.1, 0.15) is 5.56 Å². The molecule has 2 aromatic rings. The molecule has 0 radical (unpaired) electrons.